The number of aliphatic carboxylic acids is 2. The zero-order valence-electron chi connectivity index (χ0n) is 40.3. The number of ketones is 3. The molecule has 1 saturated heterocycles. The van der Waals surface area contributed by atoms with Crippen LogP contribution < -0.4 is 9.47 Å². The molecule has 8 rings (SSSR count). The quantitative estimate of drug-likeness (QED) is 0.0469. The lowest BCUT2D eigenvalue weighted by atomic mass is 9.60. The van der Waals surface area contributed by atoms with Crippen molar-refractivity contribution in [2.75, 3.05) is 0 Å². The SMILES string of the molecule is CC(C)=CCCC1(C)C=Cc2c(O)c3c(c(CC=C(C)C)c2O1)OC12C(=CCCC1C(C)(C)OC2(CC=C(C)C(=O)O)C(=O)O)C3=O.Cc1cc(O)c2c(c1O)C(=O)c1c(O)cc(C)c(O)c1C2=O. The molecule has 3 aromatic rings. The maximum atomic E-state index is 14.7. The second-order valence-electron chi connectivity index (χ2n) is 19.8. The van der Waals surface area contributed by atoms with Gasteiger partial charge in [0.25, 0.3) is 0 Å². The Balaban J connectivity index is 0.000000265. The van der Waals surface area contributed by atoms with Crippen LogP contribution in [-0.2, 0) is 20.7 Å². The molecule has 0 amide bonds. The summed E-state index contributed by atoms with van der Waals surface area (Å²) >= 11 is 0. The van der Waals surface area contributed by atoms with E-state index in [-0.39, 0.29) is 68.0 Å². The van der Waals surface area contributed by atoms with E-state index < -0.39 is 80.6 Å². The predicted octanol–water partition coefficient (Wildman–Crippen LogP) is 9.42. The van der Waals surface area contributed by atoms with E-state index in [2.05, 4.69) is 6.08 Å². The van der Waals surface area contributed by atoms with Gasteiger partial charge in [0.15, 0.2) is 11.4 Å². The smallest absolute Gasteiger partial charge is 0.340 e. The fourth-order valence-electron chi connectivity index (χ4n) is 10.4. The molecule has 0 bridgehead atoms. The summed E-state index contributed by atoms with van der Waals surface area (Å²) in [5.41, 5.74) is -3.71. The second kappa shape index (κ2) is 17.4. The van der Waals surface area contributed by atoms with Crippen molar-refractivity contribution in [2.45, 2.75) is 130 Å². The van der Waals surface area contributed by atoms with E-state index in [4.69, 9.17) is 14.2 Å². The van der Waals surface area contributed by atoms with Gasteiger partial charge in [-0.05, 0) is 137 Å². The Morgan fingerprint density at radius 3 is 1.81 bits per heavy atom. The fraction of sp³-hybridized carbons (Fsp3) is 0.389. The highest BCUT2D eigenvalue weighted by Gasteiger charge is 2.77. The number of aryl methyl sites for hydroxylation is 2. The summed E-state index contributed by atoms with van der Waals surface area (Å²) in [6.07, 6.45) is 13.1. The number of carbonyl (C=O) groups excluding carboxylic acids is 3. The fourth-order valence-corrected chi connectivity index (χ4v) is 10.4. The molecule has 364 valence electrons. The number of phenols is 5. The monoisotopic (exact) mass is 946 g/mol. The average molecular weight is 947 g/mol. The van der Waals surface area contributed by atoms with Gasteiger partial charge in [0.2, 0.25) is 17.2 Å². The number of aromatic hydroxyl groups is 5. The molecule has 4 atom stereocenters. The van der Waals surface area contributed by atoms with E-state index in [0.717, 1.165) is 24.1 Å². The zero-order chi connectivity index (χ0) is 51.0. The molecule has 2 aliphatic carbocycles. The summed E-state index contributed by atoms with van der Waals surface area (Å²) < 4.78 is 20.2. The number of Topliss-reactive ketones (excluding diaryl/α,β-unsaturated/α-hetero) is 1. The Morgan fingerprint density at radius 1 is 0.725 bits per heavy atom. The Morgan fingerprint density at radius 2 is 1.29 bits per heavy atom. The zero-order valence-corrected chi connectivity index (χ0v) is 40.3. The number of fused-ring (bicyclic) bond motifs is 4. The van der Waals surface area contributed by atoms with E-state index in [9.17, 15) is 59.7 Å². The Hall–Kier alpha value is -7.13. The molecule has 1 fully saturated rings. The number of carboxylic acids is 2. The molecule has 3 aliphatic heterocycles. The van der Waals surface area contributed by atoms with Crippen LogP contribution in [0.25, 0.3) is 6.08 Å². The van der Waals surface area contributed by atoms with Crippen molar-refractivity contribution in [2.24, 2.45) is 5.92 Å². The van der Waals surface area contributed by atoms with Crippen LogP contribution >= 0.6 is 0 Å². The molecular formula is C54H58O15. The lowest BCUT2D eigenvalue weighted by Crippen LogP contribution is -2.66. The Bertz CT molecular complexity index is 2880. The molecule has 5 aliphatic rings. The molecule has 7 N–H and O–H groups in total. The van der Waals surface area contributed by atoms with Crippen molar-refractivity contribution in [1.82, 2.24) is 0 Å². The molecule has 4 unspecified atom stereocenters. The number of carboxylic acid groups (broad SMARTS) is 2. The number of hydrogen-bond donors (Lipinski definition) is 7. The molecule has 0 radical (unpaired) electrons. The van der Waals surface area contributed by atoms with E-state index in [1.807, 2.05) is 46.8 Å². The molecule has 3 heterocycles. The first-order valence-corrected chi connectivity index (χ1v) is 22.7. The summed E-state index contributed by atoms with van der Waals surface area (Å²) in [7, 11) is 0. The standard InChI is InChI=1S/C38H46O9.C16H12O6/c1-21(2)11-10-18-36(8)19-17-24-29(39)28-30(40)26-12-9-13-27-35(6,7)47-37(34(43)44,20-16-23(5)33(41)42)38(26,27)46-32(28)25(31(24)45-36)15-14-22(3)4;1-5-3-7(17)9-11(13(5)19)15(21)10-8(18)4-6(2)14(20)12(10)16(9)22/h11-12,14,16-17,19,27,39H,9-10,13,15,18,20H2,1-8H3,(H,41,42)(H,43,44);3-4,17-20H,1-2H3. The molecule has 0 aromatic heterocycles. The van der Waals surface area contributed by atoms with E-state index in [0.29, 0.717) is 42.6 Å². The summed E-state index contributed by atoms with van der Waals surface area (Å²) in [5, 5.41) is 72.5. The van der Waals surface area contributed by atoms with Gasteiger partial charge < -0.3 is 50.0 Å². The van der Waals surface area contributed by atoms with Gasteiger partial charge in [-0.25, -0.2) is 9.59 Å². The average Bonchev–Trinajstić information content (AvgIpc) is 3.46. The van der Waals surface area contributed by atoms with E-state index in [1.54, 1.807) is 26.0 Å². The molecule has 15 nitrogen and oxygen atoms in total. The maximum Gasteiger partial charge on any atom is 0.340 e. The van der Waals surface area contributed by atoms with Gasteiger partial charge in [-0.15, -0.1) is 0 Å². The third-order valence-corrected chi connectivity index (χ3v) is 13.9. The van der Waals surface area contributed by atoms with Gasteiger partial charge in [-0.2, -0.15) is 0 Å². The molecule has 69 heavy (non-hydrogen) atoms. The summed E-state index contributed by atoms with van der Waals surface area (Å²) in [6, 6.07) is 2.33. The topological polar surface area (TPSA) is 255 Å². The van der Waals surface area contributed by atoms with Crippen molar-refractivity contribution in [3.05, 3.63) is 115 Å². The minimum atomic E-state index is -2.16. The molecule has 15 heteroatoms. The summed E-state index contributed by atoms with van der Waals surface area (Å²) in [4.78, 5) is 65.2. The van der Waals surface area contributed by atoms with Crippen molar-refractivity contribution in [3.8, 4) is 40.2 Å². The molecule has 3 aromatic carbocycles. The third kappa shape index (κ3) is 7.86. The van der Waals surface area contributed by atoms with Crippen LogP contribution in [0.3, 0.4) is 0 Å². The highest BCUT2D eigenvalue weighted by Crippen LogP contribution is 2.64. The lowest BCUT2D eigenvalue weighted by Gasteiger charge is -2.50. The Kier molecular flexibility index (Phi) is 12.6. The number of benzene rings is 3. The van der Waals surface area contributed by atoms with E-state index >= 15 is 0 Å². The number of hydrogen-bond acceptors (Lipinski definition) is 13. The van der Waals surface area contributed by atoms with Gasteiger partial charge in [0, 0.05) is 29.0 Å². The largest absolute Gasteiger partial charge is 0.507 e. The van der Waals surface area contributed by atoms with Gasteiger partial charge in [0.1, 0.15) is 51.4 Å². The van der Waals surface area contributed by atoms with Crippen molar-refractivity contribution >= 4 is 35.4 Å². The van der Waals surface area contributed by atoms with Crippen LogP contribution in [0.15, 0.2) is 64.8 Å². The molecule has 1 spiro atoms. The molecule has 0 saturated carbocycles. The first-order valence-electron chi connectivity index (χ1n) is 22.7. The lowest BCUT2D eigenvalue weighted by molar-refractivity contribution is -0.184. The highest BCUT2D eigenvalue weighted by molar-refractivity contribution is 6.32. The second-order valence-corrected chi connectivity index (χ2v) is 19.8. The van der Waals surface area contributed by atoms with Crippen LogP contribution in [0.4, 0.5) is 0 Å². The Labute approximate surface area is 399 Å². The van der Waals surface area contributed by atoms with Crippen molar-refractivity contribution in [1.29, 1.82) is 0 Å². The van der Waals surface area contributed by atoms with Crippen LogP contribution in [-0.4, -0.2) is 87.4 Å². The third-order valence-electron chi connectivity index (χ3n) is 13.9. The minimum Gasteiger partial charge on any atom is -0.507 e. The highest BCUT2D eigenvalue weighted by atomic mass is 16.6. The van der Waals surface area contributed by atoms with Gasteiger partial charge in [-0.3, -0.25) is 14.4 Å². The number of ether oxygens (including phenoxy) is 3. The predicted molar refractivity (Wildman–Crippen MR) is 254 cm³/mol. The van der Waals surface area contributed by atoms with Crippen molar-refractivity contribution in [3.63, 3.8) is 0 Å². The maximum absolute atomic E-state index is 14.7. The van der Waals surface area contributed by atoms with Crippen LogP contribution in [0.1, 0.15) is 152 Å². The first-order chi connectivity index (χ1) is 32.2. The number of allylic oxidation sites excluding steroid dienone is 5. The number of rotatable bonds is 9. The minimum absolute atomic E-state index is 0.0407. The summed E-state index contributed by atoms with van der Waals surface area (Å²) in [5.74, 6) is -6.98. The number of phenolic OH excluding ortho intramolecular Hbond substituents is 5. The van der Waals surface area contributed by atoms with Crippen molar-refractivity contribution < 1.29 is 73.9 Å². The van der Waals surface area contributed by atoms with E-state index in [1.165, 1.54) is 32.4 Å². The molecular weight excluding hydrogens is 889 g/mol. The van der Waals surface area contributed by atoms with Gasteiger partial charge >= 0.3 is 11.9 Å². The number of carbonyl (C=O) groups is 5. The van der Waals surface area contributed by atoms with Gasteiger partial charge in [-0.1, -0.05) is 35.5 Å². The van der Waals surface area contributed by atoms with Crippen LogP contribution in [0.2, 0.25) is 0 Å². The first kappa shape index (κ1) is 49.8. The summed E-state index contributed by atoms with van der Waals surface area (Å²) in [6.45, 7) is 17.8. The van der Waals surface area contributed by atoms with Crippen LogP contribution in [0, 0.1) is 19.8 Å². The van der Waals surface area contributed by atoms with Gasteiger partial charge in [0.05, 0.1) is 33.4 Å². The normalized spacial score (nSPS) is 23.5. The van der Waals surface area contributed by atoms with Crippen LogP contribution in [0.5, 0.6) is 40.2 Å².